The third-order valence-electron chi connectivity index (χ3n) is 2.03. The van der Waals surface area contributed by atoms with Gasteiger partial charge in [0.05, 0.1) is 12.2 Å². The van der Waals surface area contributed by atoms with Crippen molar-refractivity contribution < 1.29 is 9.47 Å². The van der Waals surface area contributed by atoms with E-state index >= 15 is 0 Å². The first kappa shape index (κ1) is 8.97. The summed E-state index contributed by atoms with van der Waals surface area (Å²) < 4.78 is 10.8. The molecule has 0 aromatic rings. The summed E-state index contributed by atoms with van der Waals surface area (Å²) in [6, 6.07) is 0.187. The fraction of sp³-hybridized carbons (Fsp3) is 1.00. The van der Waals surface area contributed by atoms with Gasteiger partial charge in [0.1, 0.15) is 0 Å². The van der Waals surface area contributed by atoms with E-state index in [1.807, 2.05) is 13.8 Å². The van der Waals surface area contributed by atoms with Crippen molar-refractivity contribution in [3.8, 4) is 0 Å². The number of nitrogens with two attached hydrogens (primary N) is 1. The molecule has 1 rings (SSSR count). The second-order valence-electron chi connectivity index (χ2n) is 2.81. The van der Waals surface area contributed by atoms with Gasteiger partial charge in [-0.05, 0) is 20.3 Å². The van der Waals surface area contributed by atoms with E-state index in [0.29, 0.717) is 0 Å². The Morgan fingerprint density at radius 2 is 1.91 bits per heavy atom. The number of hydrogen-bond acceptors (Lipinski definition) is 3. The van der Waals surface area contributed by atoms with Crippen LogP contribution in [0.1, 0.15) is 20.3 Å². The minimum Gasteiger partial charge on any atom is -0.376 e. The fourth-order valence-electron chi connectivity index (χ4n) is 1.42. The molecule has 1 fully saturated rings. The van der Waals surface area contributed by atoms with Crippen LogP contribution in [-0.4, -0.2) is 31.5 Å². The second kappa shape index (κ2) is 4.04. The summed E-state index contributed by atoms with van der Waals surface area (Å²) in [5.41, 5.74) is 5.72. The first-order chi connectivity index (χ1) is 5.29. The molecule has 3 atom stereocenters. The summed E-state index contributed by atoms with van der Waals surface area (Å²) in [7, 11) is 0. The maximum absolute atomic E-state index is 5.72. The molecule has 3 nitrogen and oxygen atoms in total. The molecule has 0 spiro atoms. The molecule has 0 aromatic heterocycles. The van der Waals surface area contributed by atoms with Crippen LogP contribution in [0.3, 0.4) is 0 Å². The van der Waals surface area contributed by atoms with Crippen LogP contribution in [0.15, 0.2) is 0 Å². The lowest BCUT2D eigenvalue weighted by atomic mass is 9.86. The van der Waals surface area contributed by atoms with E-state index in [0.717, 1.165) is 19.6 Å². The lowest BCUT2D eigenvalue weighted by molar-refractivity contribution is -0.134. The van der Waals surface area contributed by atoms with Crippen molar-refractivity contribution in [2.24, 2.45) is 5.73 Å². The lowest BCUT2D eigenvalue weighted by Gasteiger charge is -2.41. The molecule has 0 amide bonds. The highest BCUT2D eigenvalue weighted by molar-refractivity contribution is 4.94. The zero-order valence-corrected chi connectivity index (χ0v) is 7.25. The SMILES string of the molecule is CCOC1CC(N)C1OCC. The highest BCUT2D eigenvalue weighted by Gasteiger charge is 2.39. The Morgan fingerprint density at radius 3 is 2.36 bits per heavy atom. The Bertz CT molecular complexity index is 117. The Morgan fingerprint density at radius 1 is 1.27 bits per heavy atom. The van der Waals surface area contributed by atoms with Crippen molar-refractivity contribution >= 4 is 0 Å². The van der Waals surface area contributed by atoms with Crippen molar-refractivity contribution in [3.05, 3.63) is 0 Å². The molecule has 1 saturated carbocycles. The van der Waals surface area contributed by atoms with E-state index in [2.05, 4.69) is 0 Å². The van der Waals surface area contributed by atoms with Crippen molar-refractivity contribution in [1.82, 2.24) is 0 Å². The second-order valence-corrected chi connectivity index (χ2v) is 2.81. The van der Waals surface area contributed by atoms with Gasteiger partial charge in [-0.3, -0.25) is 0 Å². The molecule has 0 bridgehead atoms. The largest absolute Gasteiger partial charge is 0.376 e. The van der Waals surface area contributed by atoms with E-state index in [1.165, 1.54) is 0 Å². The van der Waals surface area contributed by atoms with Crippen LogP contribution in [0.5, 0.6) is 0 Å². The third-order valence-corrected chi connectivity index (χ3v) is 2.03. The Labute approximate surface area is 67.9 Å². The van der Waals surface area contributed by atoms with Crippen LogP contribution in [0, 0.1) is 0 Å². The molecule has 1 aliphatic carbocycles. The van der Waals surface area contributed by atoms with Gasteiger partial charge in [-0.2, -0.15) is 0 Å². The van der Waals surface area contributed by atoms with Gasteiger partial charge in [0.25, 0.3) is 0 Å². The van der Waals surface area contributed by atoms with Crippen molar-refractivity contribution in [1.29, 1.82) is 0 Å². The molecular weight excluding hydrogens is 142 g/mol. The predicted octanol–water partition coefficient (Wildman–Crippen LogP) is 0.528. The van der Waals surface area contributed by atoms with Gasteiger partial charge < -0.3 is 15.2 Å². The average molecular weight is 159 g/mol. The number of hydrogen-bond donors (Lipinski definition) is 1. The summed E-state index contributed by atoms with van der Waals surface area (Å²) in [6.07, 6.45) is 1.33. The highest BCUT2D eigenvalue weighted by Crippen LogP contribution is 2.25. The topological polar surface area (TPSA) is 44.5 Å². The summed E-state index contributed by atoms with van der Waals surface area (Å²) in [5.74, 6) is 0. The molecule has 1 aliphatic rings. The van der Waals surface area contributed by atoms with Crippen molar-refractivity contribution in [3.63, 3.8) is 0 Å². The highest BCUT2D eigenvalue weighted by atomic mass is 16.5. The molecule has 0 saturated heterocycles. The third kappa shape index (κ3) is 1.92. The van der Waals surface area contributed by atoms with Gasteiger partial charge in [0, 0.05) is 19.3 Å². The van der Waals surface area contributed by atoms with E-state index in [-0.39, 0.29) is 18.2 Å². The minimum absolute atomic E-state index is 0.139. The monoisotopic (exact) mass is 159 g/mol. The van der Waals surface area contributed by atoms with Gasteiger partial charge in [0.2, 0.25) is 0 Å². The Hall–Kier alpha value is -0.120. The van der Waals surface area contributed by atoms with Gasteiger partial charge in [-0.25, -0.2) is 0 Å². The van der Waals surface area contributed by atoms with E-state index in [9.17, 15) is 0 Å². The maximum atomic E-state index is 5.72. The molecule has 0 heterocycles. The Kier molecular flexibility index (Phi) is 3.30. The molecular formula is C8H17NO2. The van der Waals surface area contributed by atoms with Gasteiger partial charge in [-0.15, -0.1) is 0 Å². The minimum atomic E-state index is 0.139. The molecule has 3 heteroatoms. The molecule has 0 aromatic carbocycles. The standard InChI is InChI=1S/C8H17NO2/c1-3-10-7-5-6(9)8(7)11-4-2/h6-8H,3-5,9H2,1-2H3. The lowest BCUT2D eigenvalue weighted by Crippen LogP contribution is -2.58. The van der Waals surface area contributed by atoms with Gasteiger partial charge in [0.15, 0.2) is 0 Å². The zero-order chi connectivity index (χ0) is 8.27. The quantitative estimate of drug-likeness (QED) is 0.650. The summed E-state index contributed by atoms with van der Waals surface area (Å²) >= 11 is 0. The smallest absolute Gasteiger partial charge is 0.0988 e. The van der Waals surface area contributed by atoms with Crippen molar-refractivity contribution in [2.75, 3.05) is 13.2 Å². The molecule has 0 aliphatic heterocycles. The van der Waals surface area contributed by atoms with E-state index in [4.69, 9.17) is 15.2 Å². The summed E-state index contributed by atoms with van der Waals surface area (Å²) in [6.45, 7) is 5.45. The maximum Gasteiger partial charge on any atom is 0.0988 e. The molecule has 2 N–H and O–H groups in total. The average Bonchev–Trinajstić information content (AvgIpc) is 2.00. The van der Waals surface area contributed by atoms with Crippen LogP contribution in [0.25, 0.3) is 0 Å². The van der Waals surface area contributed by atoms with Crippen LogP contribution in [0.2, 0.25) is 0 Å². The fourth-order valence-corrected chi connectivity index (χ4v) is 1.42. The van der Waals surface area contributed by atoms with E-state index in [1.54, 1.807) is 0 Å². The molecule has 11 heavy (non-hydrogen) atoms. The molecule has 3 unspecified atom stereocenters. The first-order valence-electron chi connectivity index (χ1n) is 4.28. The molecule has 0 radical (unpaired) electrons. The number of rotatable bonds is 4. The van der Waals surface area contributed by atoms with Crippen LogP contribution in [-0.2, 0) is 9.47 Å². The van der Waals surface area contributed by atoms with E-state index < -0.39 is 0 Å². The summed E-state index contributed by atoms with van der Waals surface area (Å²) in [4.78, 5) is 0. The number of ether oxygens (including phenoxy) is 2. The van der Waals surface area contributed by atoms with Crippen LogP contribution in [0.4, 0.5) is 0 Å². The zero-order valence-electron chi connectivity index (χ0n) is 7.25. The summed E-state index contributed by atoms with van der Waals surface area (Å²) in [5, 5.41) is 0. The Balaban J connectivity index is 2.23. The van der Waals surface area contributed by atoms with Crippen molar-refractivity contribution in [2.45, 2.75) is 38.5 Å². The first-order valence-corrected chi connectivity index (χ1v) is 4.28. The normalized spacial score (nSPS) is 36.8. The van der Waals surface area contributed by atoms with Crippen LogP contribution >= 0.6 is 0 Å². The van der Waals surface area contributed by atoms with Crippen LogP contribution < -0.4 is 5.73 Å². The van der Waals surface area contributed by atoms with Gasteiger partial charge >= 0.3 is 0 Å². The van der Waals surface area contributed by atoms with Gasteiger partial charge in [-0.1, -0.05) is 0 Å². The predicted molar refractivity (Wildman–Crippen MR) is 43.4 cm³/mol. The molecule has 66 valence electrons.